The molecule has 1 atom stereocenters. The minimum absolute atomic E-state index is 0.579. The van der Waals surface area contributed by atoms with Gasteiger partial charge >= 0.3 is 0 Å². The van der Waals surface area contributed by atoms with Crippen LogP contribution in [0.3, 0.4) is 0 Å². The summed E-state index contributed by atoms with van der Waals surface area (Å²) in [6.45, 7) is 5.31. The Morgan fingerprint density at radius 2 is 1.88 bits per heavy atom. The van der Waals surface area contributed by atoms with Gasteiger partial charge in [0.1, 0.15) is 0 Å². The zero-order valence-corrected chi connectivity index (χ0v) is 11.1. The summed E-state index contributed by atoms with van der Waals surface area (Å²) in [5, 5.41) is 3.31. The summed E-state index contributed by atoms with van der Waals surface area (Å²) in [6, 6.07) is 7.15. The van der Waals surface area contributed by atoms with E-state index in [2.05, 4.69) is 19.2 Å². The Balaban J connectivity index is 2.40. The molecule has 4 heteroatoms. The van der Waals surface area contributed by atoms with E-state index < -0.39 is 5.76 Å². The van der Waals surface area contributed by atoms with Gasteiger partial charge in [-0.3, -0.25) is 0 Å². The van der Waals surface area contributed by atoms with E-state index >= 15 is 0 Å². The average molecular weight is 259 g/mol. The van der Waals surface area contributed by atoms with E-state index in [4.69, 9.17) is 0 Å². The predicted octanol–water partition coefficient (Wildman–Crippen LogP) is 4.85. The molecule has 0 fully saturated rings. The lowest BCUT2D eigenvalue weighted by Crippen LogP contribution is -2.10. The highest BCUT2D eigenvalue weighted by Gasteiger charge is 2.05. The first-order valence-corrected chi connectivity index (χ1v) is 6.78. The number of hydrogen-bond donors (Lipinski definition) is 1. The molecule has 0 aliphatic heterocycles. The number of thioether (sulfide) groups is 1. The van der Waals surface area contributed by atoms with Gasteiger partial charge < -0.3 is 5.32 Å². The molecule has 96 valence electrons. The molecular weight excluding hydrogens is 240 g/mol. The first kappa shape index (κ1) is 14.3. The minimum Gasteiger partial charge on any atom is -0.385 e. The quantitative estimate of drug-likeness (QED) is 0.702. The van der Waals surface area contributed by atoms with Crippen molar-refractivity contribution in [2.75, 3.05) is 11.9 Å². The third-order valence-corrected chi connectivity index (χ3v) is 3.24. The van der Waals surface area contributed by atoms with Gasteiger partial charge in [-0.1, -0.05) is 32.0 Å². The van der Waals surface area contributed by atoms with Crippen molar-refractivity contribution in [2.24, 2.45) is 5.92 Å². The maximum absolute atomic E-state index is 12.1. The van der Waals surface area contributed by atoms with Crippen LogP contribution in [0.15, 0.2) is 29.2 Å². The second-order valence-corrected chi connectivity index (χ2v) is 5.24. The van der Waals surface area contributed by atoms with Crippen molar-refractivity contribution < 1.29 is 8.78 Å². The van der Waals surface area contributed by atoms with Gasteiger partial charge in [-0.2, -0.15) is 8.78 Å². The van der Waals surface area contributed by atoms with E-state index in [-0.39, 0.29) is 0 Å². The third-order valence-electron chi connectivity index (χ3n) is 2.52. The Hall–Kier alpha value is -0.770. The fourth-order valence-electron chi connectivity index (χ4n) is 1.64. The molecule has 1 rings (SSSR count). The van der Waals surface area contributed by atoms with Gasteiger partial charge in [0.25, 0.3) is 5.76 Å². The molecule has 0 bridgehead atoms. The zero-order valence-electron chi connectivity index (χ0n) is 10.2. The van der Waals surface area contributed by atoms with Crippen LogP contribution >= 0.6 is 11.8 Å². The first-order chi connectivity index (χ1) is 8.11. The summed E-state index contributed by atoms with van der Waals surface area (Å²) in [7, 11) is 0. The molecule has 1 aromatic rings. The molecule has 0 heterocycles. The van der Waals surface area contributed by atoms with Crippen molar-refractivity contribution in [1.29, 1.82) is 0 Å². The maximum Gasteiger partial charge on any atom is 0.288 e. The Bertz CT molecular complexity index is 314. The molecule has 0 saturated carbocycles. The van der Waals surface area contributed by atoms with Crippen LogP contribution in [0.4, 0.5) is 14.5 Å². The van der Waals surface area contributed by atoms with Gasteiger partial charge in [-0.05, 0) is 36.6 Å². The molecule has 1 N–H and O–H groups in total. The minimum atomic E-state index is -2.35. The van der Waals surface area contributed by atoms with Crippen molar-refractivity contribution in [2.45, 2.75) is 37.3 Å². The SMILES string of the molecule is CCCC(C)CNc1ccc(SC(F)F)cc1. The lowest BCUT2D eigenvalue weighted by atomic mass is 10.1. The number of rotatable bonds is 7. The average Bonchev–Trinajstić information content (AvgIpc) is 2.28. The summed E-state index contributed by atoms with van der Waals surface area (Å²) in [5.41, 5.74) is 0.992. The largest absolute Gasteiger partial charge is 0.385 e. The highest BCUT2D eigenvalue weighted by atomic mass is 32.2. The number of alkyl halides is 2. The summed E-state index contributed by atoms with van der Waals surface area (Å²) in [5.74, 6) is -1.71. The van der Waals surface area contributed by atoms with Gasteiger partial charge in [-0.15, -0.1) is 0 Å². The van der Waals surface area contributed by atoms with E-state index in [1.807, 2.05) is 12.1 Å². The number of nitrogens with one attached hydrogen (secondary N) is 1. The van der Waals surface area contributed by atoms with Crippen LogP contribution in [0.1, 0.15) is 26.7 Å². The molecular formula is C13H19F2NS. The summed E-state index contributed by atoms with van der Waals surface area (Å²) in [6.07, 6.45) is 2.39. The van der Waals surface area contributed by atoms with Gasteiger partial charge in [0, 0.05) is 17.1 Å². The van der Waals surface area contributed by atoms with Crippen LogP contribution in [-0.4, -0.2) is 12.3 Å². The summed E-state index contributed by atoms with van der Waals surface area (Å²) >= 11 is 0.579. The van der Waals surface area contributed by atoms with Crippen molar-refractivity contribution in [3.8, 4) is 0 Å². The standard InChI is InChI=1S/C13H19F2NS/c1-3-4-10(2)9-16-11-5-7-12(8-6-11)17-13(14)15/h5-8,10,13,16H,3-4,9H2,1-2H3. The molecule has 0 radical (unpaired) electrons. The van der Waals surface area contributed by atoms with Crippen LogP contribution in [0.5, 0.6) is 0 Å². The lowest BCUT2D eigenvalue weighted by Gasteiger charge is -2.12. The number of hydrogen-bond acceptors (Lipinski definition) is 2. The van der Waals surface area contributed by atoms with E-state index in [0.717, 1.165) is 12.2 Å². The summed E-state index contributed by atoms with van der Waals surface area (Å²) in [4.78, 5) is 0.604. The first-order valence-electron chi connectivity index (χ1n) is 5.90. The normalized spacial score (nSPS) is 12.8. The van der Waals surface area contributed by atoms with E-state index in [0.29, 0.717) is 22.6 Å². The predicted molar refractivity (Wildman–Crippen MR) is 70.9 cm³/mol. The molecule has 1 unspecified atom stereocenters. The van der Waals surface area contributed by atoms with E-state index in [1.165, 1.54) is 12.8 Å². The van der Waals surface area contributed by atoms with Crippen molar-refractivity contribution in [3.05, 3.63) is 24.3 Å². The Kier molecular flexibility index (Phi) is 6.34. The molecule has 0 amide bonds. The third kappa shape index (κ3) is 5.91. The number of anilines is 1. The van der Waals surface area contributed by atoms with Gasteiger partial charge in [0.15, 0.2) is 0 Å². The Morgan fingerprint density at radius 3 is 2.41 bits per heavy atom. The summed E-state index contributed by atoms with van der Waals surface area (Å²) < 4.78 is 24.2. The molecule has 17 heavy (non-hydrogen) atoms. The highest BCUT2D eigenvalue weighted by molar-refractivity contribution is 7.99. The van der Waals surface area contributed by atoms with Crippen LogP contribution in [0, 0.1) is 5.92 Å². The molecule has 1 nitrogen and oxygen atoms in total. The van der Waals surface area contributed by atoms with E-state index in [9.17, 15) is 8.78 Å². The fourth-order valence-corrected chi connectivity index (χ4v) is 2.14. The maximum atomic E-state index is 12.1. The van der Waals surface area contributed by atoms with Crippen LogP contribution in [0.25, 0.3) is 0 Å². The molecule has 0 aliphatic rings. The second kappa shape index (κ2) is 7.54. The van der Waals surface area contributed by atoms with Crippen LogP contribution < -0.4 is 5.32 Å². The highest BCUT2D eigenvalue weighted by Crippen LogP contribution is 2.26. The topological polar surface area (TPSA) is 12.0 Å². The Morgan fingerprint density at radius 1 is 1.24 bits per heavy atom. The number of halogens is 2. The zero-order chi connectivity index (χ0) is 12.7. The smallest absolute Gasteiger partial charge is 0.288 e. The van der Waals surface area contributed by atoms with Gasteiger partial charge in [-0.25, -0.2) is 0 Å². The van der Waals surface area contributed by atoms with Crippen molar-refractivity contribution >= 4 is 17.4 Å². The van der Waals surface area contributed by atoms with Crippen molar-refractivity contribution in [3.63, 3.8) is 0 Å². The van der Waals surface area contributed by atoms with Crippen LogP contribution in [-0.2, 0) is 0 Å². The van der Waals surface area contributed by atoms with Gasteiger partial charge in [0.05, 0.1) is 0 Å². The monoisotopic (exact) mass is 259 g/mol. The lowest BCUT2D eigenvalue weighted by molar-refractivity contribution is 0.252. The van der Waals surface area contributed by atoms with Crippen molar-refractivity contribution in [1.82, 2.24) is 0 Å². The molecule has 0 saturated heterocycles. The molecule has 1 aromatic carbocycles. The number of benzene rings is 1. The molecule has 0 spiro atoms. The fraction of sp³-hybridized carbons (Fsp3) is 0.538. The van der Waals surface area contributed by atoms with Gasteiger partial charge in [0.2, 0.25) is 0 Å². The van der Waals surface area contributed by atoms with E-state index in [1.54, 1.807) is 12.1 Å². The Labute approximate surface area is 106 Å². The molecule has 0 aliphatic carbocycles. The second-order valence-electron chi connectivity index (χ2n) is 4.18. The molecule has 0 aromatic heterocycles. The van der Waals surface area contributed by atoms with Crippen LogP contribution in [0.2, 0.25) is 0 Å².